The summed E-state index contributed by atoms with van der Waals surface area (Å²) >= 11 is 0. The first kappa shape index (κ1) is 16.8. The van der Waals surface area contributed by atoms with Crippen molar-refractivity contribution in [3.63, 3.8) is 0 Å². The average molecular weight is 363 g/mol. The van der Waals surface area contributed by atoms with Gasteiger partial charge in [0.25, 0.3) is 5.91 Å². The van der Waals surface area contributed by atoms with Gasteiger partial charge in [0.05, 0.1) is 0 Å². The number of H-pyrrole nitrogens is 1. The Labute approximate surface area is 154 Å². The van der Waals surface area contributed by atoms with Gasteiger partial charge in [-0.3, -0.25) is 4.79 Å². The molecule has 1 unspecified atom stereocenters. The van der Waals surface area contributed by atoms with E-state index in [0.717, 1.165) is 21.7 Å². The number of nitrogens with one attached hydrogen (secondary N) is 2. The van der Waals surface area contributed by atoms with E-state index < -0.39 is 18.0 Å². The second kappa shape index (κ2) is 6.60. The molecule has 2 aromatic heterocycles. The molecular weight excluding hydrogens is 346 g/mol. The number of carbonyl (C=O) groups excluding carboxylic acids is 2. The fraction of sp³-hybridized carbons (Fsp3) is 0.150. The summed E-state index contributed by atoms with van der Waals surface area (Å²) in [6.07, 6.45) is -0.988. The van der Waals surface area contributed by atoms with Gasteiger partial charge in [-0.15, -0.1) is 0 Å². The number of hydrogen-bond donors (Lipinski definition) is 2. The lowest BCUT2D eigenvalue weighted by Crippen LogP contribution is -2.30. The fourth-order valence-electron chi connectivity index (χ4n) is 2.93. The molecular formula is C20H17N3O4. The third-order valence-electron chi connectivity index (χ3n) is 4.28. The van der Waals surface area contributed by atoms with Crippen molar-refractivity contribution in [3.05, 3.63) is 60.0 Å². The number of nitrogens with zero attached hydrogens (tertiary/aromatic N) is 1. The molecule has 4 aromatic rings. The van der Waals surface area contributed by atoms with Gasteiger partial charge in [-0.25, -0.2) is 4.79 Å². The van der Waals surface area contributed by atoms with E-state index in [0.29, 0.717) is 11.5 Å². The van der Waals surface area contributed by atoms with Crippen molar-refractivity contribution in [2.24, 2.45) is 0 Å². The van der Waals surface area contributed by atoms with Crippen LogP contribution >= 0.6 is 0 Å². The number of aromatic nitrogens is 2. The van der Waals surface area contributed by atoms with Gasteiger partial charge in [-0.1, -0.05) is 35.5 Å². The summed E-state index contributed by atoms with van der Waals surface area (Å²) in [6.45, 7) is 3.21. The van der Waals surface area contributed by atoms with Gasteiger partial charge < -0.3 is 19.6 Å². The quantitative estimate of drug-likeness (QED) is 0.538. The molecule has 2 N–H and O–H groups in total. The molecule has 0 spiro atoms. The minimum absolute atomic E-state index is 0.275. The standard InChI is InChI=1S/C20H17N3O4/c1-11-9-18(23-27-11)22-19(24)12(2)26-20(25)17-10-15-14-6-4-3-5-13(14)7-8-16(15)21-17/h3-10,12,21H,1-2H3,(H,22,23,24). The Morgan fingerprint density at radius 1 is 1.15 bits per heavy atom. The first-order chi connectivity index (χ1) is 13.0. The molecule has 0 fully saturated rings. The second-order valence-corrected chi connectivity index (χ2v) is 6.29. The van der Waals surface area contributed by atoms with Crippen molar-refractivity contribution in [1.82, 2.24) is 10.1 Å². The molecule has 1 amide bonds. The molecule has 2 aromatic carbocycles. The Hall–Kier alpha value is -3.61. The number of amides is 1. The largest absolute Gasteiger partial charge is 0.448 e. The SMILES string of the molecule is Cc1cc(NC(=O)C(C)OC(=O)c2cc3c(ccc4ccccc43)[nH]2)no1. The molecule has 2 heterocycles. The van der Waals surface area contributed by atoms with Crippen molar-refractivity contribution in [2.45, 2.75) is 20.0 Å². The highest BCUT2D eigenvalue weighted by atomic mass is 16.5. The summed E-state index contributed by atoms with van der Waals surface area (Å²) in [5.41, 5.74) is 1.12. The van der Waals surface area contributed by atoms with E-state index in [1.165, 1.54) is 6.92 Å². The third-order valence-corrected chi connectivity index (χ3v) is 4.28. The number of fused-ring (bicyclic) bond motifs is 3. The van der Waals surface area contributed by atoms with Gasteiger partial charge in [-0.2, -0.15) is 0 Å². The summed E-state index contributed by atoms with van der Waals surface area (Å²) in [7, 11) is 0. The normalized spacial score (nSPS) is 12.2. The molecule has 4 rings (SSSR count). The molecule has 0 aliphatic rings. The van der Waals surface area contributed by atoms with E-state index in [9.17, 15) is 9.59 Å². The zero-order valence-corrected chi connectivity index (χ0v) is 14.8. The second-order valence-electron chi connectivity index (χ2n) is 6.29. The van der Waals surface area contributed by atoms with Crippen molar-refractivity contribution in [3.8, 4) is 0 Å². The zero-order valence-electron chi connectivity index (χ0n) is 14.8. The van der Waals surface area contributed by atoms with Gasteiger partial charge in [0.1, 0.15) is 11.5 Å². The lowest BCUT2D eigenvalue weighted by atomic mass is 10.1. The Balaban J connectivity index is 1.52. The summed E-state index contributed by atoms with van der Waals surface area (Å²) in [5, 5.41) is 9.27. The number of benzene rings is 2. The highest BCUT2D eigenvalue weighted by Gasteiger charge is 2.21. The smallest absolute Gasteiger partial charge is 0.355 e. The first-order valence-corrected chi connectivity index (χ1v) is 8.47. The fourth-order valence-corrected chi connectivity index (χ4v) is 2.93. The molecule has 1 atom stereocenters. The Morgan fingerprint density at radius 3 is 2.74 bits per heavy atom. The topological polar surface area (TPSA) is 97.2 Å². The van der Waals surface area contributed by atoms with Crippen LogP contribution in [0.15, 0.2) is 53.1 Å². The van der Waals surface area contributed by atoms with Gasteiger partial charge in [0.15, 0.2) is 11.9 Å². The molecule has 0 bridgehead atoms. The van der Waals surface area contributed by atoms with E-state index >= 15 is 0 Å². The summed E-state index contributed by atoms with van der Waals surface area (Å²) < 4.78 is 10.2. The zero-order chi connectivity index (χ0) is 19.0. The van der Waals surface area contributed by atoms with E-state index in [-0.39, 0.29) is 5.82 Å². The molecule has 0 aliphatic heterocycles. The molecule has 0 aliphatic carbocycles. The lowest BCUT2D eigenvalue weighted by Gasteiger charge is -2.11. The highest BCUT2D eigenvalue weighted by molar-refractivity contribution is 6.09. The van der Waals surface area contributed by atoms with Crippen molar-refractivity contribution in [2.75, 3.05) is 5.32 Å². The third kappa shape index (κ3) is 3.27. The molecule has 27 heavy (non-hydrogen) atoms. The molecule has 7 heteroatoms. The summed E-state index contributed by atoms with van der Waals surface area (Å²) in [5.74, 6) is -0.245. The van der Waals surface area contributed by atoms with Gasteiger partial charge in [0.2, 0.25) is 0 Å². The Kier molecular flexibility index (Phi) is 4.12. The maximum atomic E-state index is 12.5. The summed E-state index contributed by atoms with van der Waals surface area (Å²) in [6, 6.07) is 15.1. The van der Waals surface area contributed by atoms with Crippen LogP contribution in [0.1, 0.15) is 23.2 Å². The number of aryl methyl sites for hydroxylation is 1. The van der Waals surface area contributed by atoms with Crippen molar-refractivity contribution < 1.29 is 18.8 Å². The monoisotopic (exact) mass is 363 g/mol. The number of aromatic amines is 1. The number of carbonyl (C=O) groups is 2. The van der Waals surface area contributed by atoms with Crippen LogP contribution in [0.3, 0.4) is 0 Å². The number of anilines is 1. The van der Waals surface area contributed by atoms with E-state index in [1.807, 2.05) is 36.4 Å². The number of rotatable bonds is 4. The Bertz CT molecular complexity index is 1160. The maximum absolute atomic E-state index is 12.5. The summed E-state index contributed by atoms with van der Waals surface area (Å²) in [4.78, 5) is 27.7. The van der Waals surface area contributed by atoms with Crippen LogP contribution in [0.4, 0.5) is 5.82 Å². The van der Waals surface area contributed by atoms with Crippen LogP contribution in [0.5, 0.6) is 0 Å². The van der Waals surface area contributed by atoms with Gasteiger partial charge in [0, 0.05) is 17.0 Å². The molecule has 0 radical (unpaired) electrons. The maximum Gasteiger partial charge on any atom is 0.355 e. The number of hydrogen-bond acceptors (Lipinski definition) is 5. The van der Waals surface area contributed by atoms with Crippen LogP contribution in [0, 0.1) is 6.92 Å². The van der Waals surface area contributed by atoms with Crippen LogP contribution < -0.4 is 5.32 Å². The molecule has 0 saturated heterocycles. The number of ether oxygens (including phenoxy) is 1. The van der Waals surface area contributed by atoms with Crippen LogP contribution in [0.25, 0.3) is 21.7 Å². The van der Waals surface area contributed by atoms with Crippen LogP contribution in [-0.4, -0.2) is 28.1 Å². The number of esters is 1. The van der Waals surface area contributed by atoms with Crippen molar-refractivity contribution >= 4 is 39.4 Å². The van der Waals surface area contributed by atoms with E-state index in [4.69, 9.17) is 9.26 Å². The van der Waals surface area contributed by atoms with Gasteiger partial charge in [-0.05, 0) is 36.8 Å². The van der Waals surface area contributed by atoms with Crippen LogP contribution in [0.2, 0.25) is 0 Å². The molecule has 0 saturated carbocycles. The molecule has 7 nitrogen and oxygen atoms in total. The predicted octanol–water partition coefficient (Wildman–Crippen LogP) is 3.80. The minimum atomic E-state index is -0.988. The van der Waals surface area contributed by atoms with Crippen LogP contribution in [-0.2, 0) is 9.53 Å². The van der Waals surface area contributed by atoms with Gasteiger partial charge >= 0.3 is 5.97 Å². The lowest BCUT2D eigenvalue weighted by molar-refractivity contribution is -0.123. The first-order valence-electron chi connectivity index (χ1n) is 8.47. The van der Waals surface area contributed by atoms with Crippen molar-refractivity contribution in [1.29, 1.82) is 0 Å². The predicted molar refractivity (Wildman–Crippen MR) is 101 cm³/mol. The average Bonchev–Trinajstić information content (AvgIpc) is 3.27. The van der Waals surface area contributed by atoms with E-state index in [2.05, 4.69) is 15.5 Å². The molecule has 136 valence electrons. The Morgan fingerprint density at radius 2 is 1.96 bits per heavy atom. The minimum Gasteiger partial charge on any atom is -0.448 e. The highest BCUT2D eigenvalue weighted by Crippen LogP contribution is 2.26. The van der Waals surface area contributed by atoms with E-state index in [1.54, 1.807) is 19.1 Å².